The molecule has 1 rings (SSSR count). The number of aromatic nitrogens is 1. The first-order chi connectivity index (χ1) is 5.18. The number of anilines is 1. The fourth-order valence-electron chi connectivity index (χ4n) is 0.776. The second-order valence-electron chi connectivity index (χ2n) is 2.73. The van der Waals surface area contributed by atoms with Gasteiger partial charge in [0.1, 0.15) is 0 Å². The molecule has 0 unspecified atom stereocenters. The van der Waals surface area contributed by atoms with Gasteiger partial charge in [-0.25, -0.2) is 4.98 Å². The second-order valence-corrected chi connectivity index (χ2v) is 3.62. The number of rotatable bonds is 3. The van der Waals surface area contributed by atoms with Crippen molar-refractivity contribution >= 4 is 16.5 Å². The average molecular weight is 171 g/mol. The molecule has 0 atom stereocenters. The number of hydrogen-bond donors (Lipinski definition) is 1. The Labute approximate surface area is 70.9 Å². The molecule has 11 heavy (non-hydrogen) atoms. The Kier molecular flexibility index (Phi) is 2.84. The highest BCUT2D eigenvalue weighted by molar-refractivity contribution is 7.13. The lowest BCUT2D eigenvalue weighted by atomic mass is 10.3. The molecule has 4 heteroatoms. The van der Waals surface area contributed by atoms with Gasteiger partial charge in [0, 0.05) is 18.3 Å². The first-order valence-corrected chi connectivity index (χ1v) is 4.41. The summed E-state index contributed by atoms with van der Waals surface area (Å²) in [5.74, 6) is 0. The molecule has 3 nitrogen and oxygen atoms in total. The van der Waals surface area contributed by atoms with Crippen molar-refractivity contribution in [2.45, 2.75) is 6.42 Å². The summed E-state index contributed by atoms with van der Waals surface area (Å²) in [7, 11) is 4.10. The number of hydrogen-bond acceptors (Lipinski definition) is 4. The Bertz CT molecular complexity index is 219. The molecule has 0 aliphatic carbocycles. The zero-order valence-corrected chi connectivity index (χ0v) is 7.69. The molecule has 0 aliphatic rings. The van der Waals surface area contributed by atoms with Gasteiger partial charge in [-0.3, -0.25) is 0 Å². The van der Waals surface area contributed by atoms with Gasteiger partial charge in [-0.2, -0.15) is 0 Å². The van der Waals surface area contributed by atoms with Crippen molar-refractivity contribution in [2.75, 3.05) is 26.4 Å². The predicted molar refractivity (Wildman–Crippen MR) is 48.8 cm³/mol. The van der Waals surface area contributed by atoms with Crippen LogP contribution in [0.5, 0.6) is 0 Å². The molecule has 0 bridgehead atoms. The summed E-state index contributed by atoms with van der Waals surface area (Å²) in [6.45, 7) is 1.03. The molecule has 0 aliphatic heterocycles. The van der Waals surface area contributed by atoms with Gasteiger partial charge in [0.2, 0.25) is 0 Å². The van der Waals surface area contributed by atoms with E-state index in [9.17, 15) is 0 Å². The molecule has 62 valence electrons. The van der Waals surface area contributed by atoms with E-state index in [1.807, 2.05) is 5.38 Å². The molecular weight excluding hydrogens is 158 g/mol. The third-order valence-electron chi connectivity index (χ3n) is 1.38. The summed E-state index contributed by atoms with van der Waals surface area (Å²) in [4.78, 5) is 6.29. The van der Waals surface area contributed by atoms with Crippen molar-refractivity contribution in [1.82, 2.24) is 9.88 Å². The monoisotopic (exact) mass is 171 g/mol. The normalized spacial score (nSPS) is 10.8. The van der Waals surface area contributed by atoms with Crippen LogP contribution >= 0.6 is 11.3 Å². The van der Waals surface area contributed by atoms with Gasteiger partial charge in [-0.15, -0.1) is 11.3 Å². The van der Waals surface area contributed by atoms with Crippen molar-refractivity contribution in [1.29, 1.82) is 0 Å². The highest BCUT2D eigenvalue weighted by Crippen LogP contribution is 2.11. The summed E-state index contributed by atoms with van der Waals surface area (Å²) >= 11 is 1.50. The summed E-state index contributed by atoms with van der Waals surface area (Å²) in [5, 5.41) is 2.68. The maximum atomic E-state index is 5.48. The third-order valence-corrected chi connectivity index (χ3v) is 2.11. The van der Waals surface area contributed by atoms with Crippen molar-refractivity contribution in [3.05, 3.63) is 11.1 Å². The lowest BCUT2D eigenvalue weighted by Gasteiger charge is -2.06. The van der Waals surface area contributed by atoms with Gasteiger partial charge in [-0.05, 0) is 14.1 Å². The molecule has 0 fully saturated rings. The zero-order valence-electron chi connectivity index (χ0n) is 6.87. The average Bonchev–Trinajstić information content (AvgIpc) is 2.31. The number of nitrogens with two attached hydrogens (primary N) is 1. The molecule has 0 saturated heterocycles. The number of nitrogens with zero attached hydrogens (tertiary/aromatic N) is 2. The van der Waals surface area contributed by atoms with Crippen LogP contribution in [0.2, 0.25) is 0 Å². The Hall–Kier alpha value is -0.610. The van der Waals surface area contributed by atoms with Gasteiger partial charge < -0.3 is 10.6 Å². The van der Waals surface area contributed by atoms with E-state index >= 15 is 0 Å². The molecular formula is C7H13N3S. The minimum Gasteiger partial charge on any atom is -0.375 e. The van der Waals surface area contributed by atoms with Crippen LogP contribution in [0.25, 0.3) is 0 Å². The van der Waals surface area contributed by atoms with E-state index in [1.165, 1.54) is 11.3 Å². The highest BCUT2D eigenvalue weighted by Gasteiger charge is 1.98. The van der Waals surface area contributed by atoms with Crippen LogP contribution in [-0.4, -0.2) is 30.5 Å². The van der Waals surface area contributed by atoms with E-state index < -0.39 is 0 Å². The number of thiazole rings is 1. The lowest BCUT2D eigenvalue weighted by Crippen LogP contribution is -2.15. The van der Waals surface area contributed by atoms with E-state index in [2.05, 4.69) is 24.0 Å². The topological polar surface area (TPSA) is 42.1 Å². The predicted octanol–water partition coefficient (Wildman–Crippen LogP) is 0.829. The molecule has 1 heterocycles. The first kappa shape index (κ1) is 8.49. The highest BCUT2D eigenvalue weighted by atomic mass is 32.1. The number of likely N-dealkylation sites (N-methyl/N-ethyl adjacent to an activating group) is 1. The van der Waals surface area contributed by atoms with Crippen LogP contribution in [0.15, 0.2) is 5.38 Å². The van der Waals surface area contributed by atoms with Crippen molar-refractivity contribution in [3.63, 3.8) is 0 Å². The first-order valence-electron chi connectivity index (χ1n) is 3.53. The Morgan fingerprint density at radius 1 is 1.64 bits per heavy atom. The Morgan fingerprint density at radius 2 is 2.36 bits per heavy atom. The van der Waals surface area contributed by atoms with E-state index in [0.29, 0.717) is 5.13 Å². The summed E-state index contributed by atoms with van der Waals surface area (Å²) in [6, 6.07) is 0. The van der Waals surface area contributed by atoms with Gasteiger partial charge in [0.05, 0.1) is 5.69 Å². The van der Waals surface area contributed by atoms with Crippen molar-refractivity contribution < 1.29 is 0 Å². The molecule has 0 aromatic carbocycles. The van der Waals surface area contributed by atoms with Crippen LogP contribution in [0.3, 0.4) is 0 Å². The summed E-state index contributed by atoms with van der Waals surface area (Å²) < 4.78 is 0. The Morgan fingerprint density at radius 3 is 2.82 bits per heavy atom. The number of nitrogen functional groups attached to an aromatic ring is 1. The standard InChI is InChI=1S/C7H13N3S/c1-10(2)4-3-6-5-11-7(8)9-6/h5H,3-4H2,1-2H3,(H2,8,9). The molecule has 1 aromatic rings. The molecule has 0 spiro atoms. The van der Waals surface area contributed by atoms with Crippen LogP contribution in [0, 0.1) is 0 Å². The fraction of sp³-hybridized carbons (Fsp3) is 0.571. The molecule has 0 saturated carbocycles. The largest absolute Gasteiger partial charge is 0.375 e. The summed E-state index contributed by atoms with van der Waals surface area (Å²) in [6.07, 6.45) is 0.987. The third kappa shape index (κ3) is 2.86. The molecule has 1 aromatic heterocycles. The van der Waals surface area contributed by atoms with E-state index in [-0.39, 0.29) is 0 Å². The smallest absolute Gasteiger partial charge is 0.180 e. The quantitative estimate of drug-likeness (QED) is 0.732. The van der Waals surface area contributed by atoms with E-state index in [4.69, 9.17) is 5.73 Å². The van der Waals surface area contributed by atoms with Gasteiger partial charge >= 0.3 is 0 Å². The van der Waals surface area contributed by atoms with Gasteiger partial charge in [-0.1, -0.05) is 0 Å². The fourth-order valence-corrected chi connectivity index (χ4v) is 1.37. The molecule has 0 radical (unpaired) electrons. The summed E-state index contributed by atoms with van der Waals surface area (Å²) in [5.41, 5.74) is 6.58. The second kappa shape index (κ2) is 3.69. The Balaban J connectivity index is 2.39. The van der Waals surface area contributed by atoms with Crippen LogP contribution in [0.1, 0.15) is 5.69 Å². The van der Waals surface area contributed by atoms with E-state index in [1.54, 1.807) is 0 Å². The maximum Gasteiger partial charge on any atom is 0.180 e. The molecule has 0 amide bonds. The molecule has 2 N–H and O–H groups in total. The SMILES string of the molecule is CN(C)CCc1csc(N)n1. The van der Waals surface area contributed by atoms with Gasteiger partial charge in [0.15, 0.2) is 5.13 Å². The van der Waals surface area contributed by atoms with Crippen molar-refractivity contribution in [3.8, 4) is 0 Å². The van der Waals surface area contributed by atoms with E-state index in [0.717, 1.165) is 18.7 Å². The maximum absolute atomic E-state index is 5.48. The zero-order chi connectivity index (χ0) is 8.27. The van der Waals surface area contributed by atoms with Crippen molar-refractivity contribution in [2.24, 2.45) is 0 Å². The minimum atomic E-state index is 0.666. The minimum absolute atomic E-state index is 0.666. The van der Waals surface area contributed by atoms with Gasteiger partial charge in [0.25, 0.3) is 0 Å². The lowest BCUT2D eigenvalue weighted by molar-refractivity contribution is 0.412. The van der Waals surface area contributed by atoms with Crippen LogP contribution in [-0.2, 0) is 6.42 Å². The van der Waals surface area contributed by atoms with Crippen LogP contribution in [0.4, 0.5) is 5.13 Å². The van der Waals surface area contributed by atoms with Crippen LogP contribution < -0.4 is 5.73 Å².